The molecule has 128 valence electrons. The van der Waals surface area contributed by atoms with Crippen molar-refractivity contribution in [2.24, 2.45) is 0 Å². The van der Waals surface area contributed by atoms with Gasteiger partial charge in [-0.05, 0) is 39.6 Å². The van der Waals surface area contributed by atoms with E-state index >= 15 is 0 Å². The molecule has 1 aromatic carbocycles. The van der Waals surface area contributed by atoms with Gasteiger partial charge in [0.2, 0.25) is 0 Å². The third kappa shape index (κ3) is 5.85. The summed E-state index contributed by atoms with van der Waals surface area (Å²) >= 11 is 0. The zero-order valence-electron chi connectivity index (χ0n) is 14.2. The molecule has 0 aliphatic rings. The monoisotopic (exact) mass is 329 g/mol. The van der Waals surface area contributed by atoms with E-state index in [2.05, 4.69) is 25.5 Å². The lowest BCUT2D eigenvalue weighted by Gasteiger charge is -2.14. The highest BCUT2D eigenvalue weighted by Crippen LogP contribution is 2.24. The fraction of sp³-hybridized carbons (Fsp3) is 0.353. The maximum atomic E-state index is 12.1. The molecule has 0 saturated carbocycles. The number of ether oxygens (including phenoxy) is 1. The topological polar surface area (TPSA) is 79.4 Å². The van der Waals surface area contributed by atoms with Gasteiger partial charge in [-0.25, -0.2) is 9.78 Å². The van der Waals surface area contributed by atoms with E-state index in [1.165, 1.54) is 6.20 Å². The van der Waals surface area contributed by atoms with E-state index in [0.29, 0.717) is 23.9 Å². The second-order valence-electron chi connectivity index (χ2n) is 5.62. The van der Waals surface area contributed by atoms with Gasteiger partial charge >= 0.3 is 6.03 Å². The molecule has 0 spiro atoms. The van der Waals surface area contributed by atoms with E-state index in [0.717, 1.165) is 18.7 Å². The second-order valence-corrected chi connectivity index (χ2v) is 5.62. The molecule has 2 amide bonds. The summed E-state index contributed by atoms with van der Waals surface area (Å²) < 4.78 is 5.76. The van der Waals surface area contributed by atoms with Crippen LogP contribution in [0.2, 0.25) is 0 Å². The molecule has 7 heteroatoms. The number of nitrogens with one attached hydrogen (secondary N) is 2. The molecule has 1 heterocycles. The number of nitrogens with zero attached hydrogens (tertiary/aromatic N) is 3. The zero-order chi connectivity index (χ0) is 17.4. The summed E-state index contributed by atoms with van der Waals surface area (Å²) in [6.45, 7) is 3.37. The largest absolute Gasteiger partial charge is 0.491 e. The van der Waals surface area contributed by atoms with Crippen LogP contribution in [0, 0.1) is 6.92 Å². The number of amides is 2. The minimum absolute atomic E-state index is 0.391. The lowest BCUT2D eigenvalue weighted by molar-refractivity contribution is 0.261. The number of urea groups is 1. The van der Waals surface area contributed by atoms with Crippen LogP contribution in [0.25, 0.3) is 0 Å². The highest BCUT2D eigenvalue weighted by molar-refractivity contribution is 6.00. The zero-order valence-corrected chi connectivity index (χ0v) is 14.2. The van der Waals surface area contributed by atoms with Crippen molar-refractivity contribution in [3.63, 3.8) is 0 Å². The Hall–Kier alpha value is -2.67. The molecule has 2 N–H and O–H groups in total. The Kier molecular flexibility index (Phi) is 6.51. The van der Waals surface area contributed by atoms with Gasteiger partial charge in [-0.1, -0.05) is 12.1 Å². The molecule has 0 fully saturated rings. The summed E-state index contributed by atoms with van der Waals surface area (Å²) in [7, 11) is 4.04. The summed E-state index contributed by atoms with van der Waals surface area (Å²) in [5, 5.41) is 5.41. The summed E-state index contributed by atoms with van der Waals surface area (Å²) in [5.41, 5.74) is 1.40. The van der Waals surface area contributed by atoms with Gasteiger partial charge in [0.25, 0.3) is 0 Å². The normalized spacial score (nSPS) is 10.5. The molecule has 0 aliphatic carbocycles. The molecule has 2 rings (SSSR count). The van der Waals surface area contributed by atoms with Crippen LogP contribution in [0.15, 0.2) is 36.7 Å². The maximum Gasteiger partial charge on any atom is 0.324 e. The highest BCUT2D eigenvalue weighted by atomic mass is 16.5. The van der Waals surface area contributed by atoms with Gasteiger partial charge < -0.3 is 15.0 Å². The highest BCUT2D eigenvalue weighted by Gasteiger charge is 2.08. The number of carbonyl (C=O) groups is 1. The van der Waals surface area contributed by atoms with Gasteiger partial charge in [0.05, 0.1) is 30.4 Å². The van der Waals surface area contributed by atoms with E-state index in [4.69, 9.17) is 4.74 Å². The average Bonchev–Trinajstić information content (AvgIpc) is 2.55. The quantitative estimate of drug-likeness (QED) is 0.764. The first-order valence-corrected chi connectivity index (χ1v) is 7.78. The number of aromatic nitrogens is 2. The number of anilines is 2. The summed E-state index contributed by atoms with van der Waals surface area (Å²) in [6.07, 6.45) is 4.02. The van der Waals surface area contributed by atoms with Crippen molar-refractivity contribution in [1.82, 2.24) is 14.9 Å². The Labute approximate surface area is 142 Å². The predicted molar refractivity (Wildman–Crippen MR) is 94.5 cm³/mol. The van der Waals surface area contributed by atoms with Crippen LogP contribution >= 0.6 is 0 Å². The number of rotatable bonds is 7. The third-order valence-electron chi connectivity index (χ3n) is 3.17. The number of aryl methyl sites for hydroxylation is 1. The van der Waals surface area contributed by atoms with Crippen LogP contribution < -0.4 is 15.4 Å². The number of hydrogen-bond acceptors (Lipinski definition) is 5. The molecule has 7 nitrogen and oxygen atoms in total. The molecule has 0 bridgehead atoms. The Morgan fingerprint density at radius 3 is 2.67 bits per heavy atom. The van der Waals surface area contributed by atoms with Crippen LogP contribution in [0.1, 0.15) is 12.1 Å². The Morgan fingerprint density at radius 1 is 1.17 bits per heavy atom. The van der Waals surface area contributed by atoms with Crippen molar-refractivity contribution in [3.05, 3.63) is 42.4 Å². The summed E-state index contributed by atoms with van der Waals surface area (Å²) in [6, 6.07) is 6.94. The summed E-state index contributed by atoms with van der Waals surface area (Å²) in [4.78, 5) is 22.4. The molecule has 0 saturated heterocycles. The molecule has 0 atom stereocenters. The number of benzene rings is 1. The fourth-order valence-electron chi connectivity index (χ4n) is 1.99. The van der Waals surface area contributed by atoms with Crippen molar-refractivity contribution in [3.8, 4) is 5.75 Å². The third-order valence-corrected chi connectivity index (χ3v) is 3.17. The molecule has 0 aliphatic heterocycles. The first-order valence-electron chi connectivity index (χ1n) is 7.78. The molecule has 1 aromatic heterocycles. The van der Waals surface area contributed by atoms with Crippen LogP contribution in [0.3, 0.4) is 0 Å². The smallest absolute Gasteiger partial charge is 0.324 e. The first kappa shape index (κ1) is 17.7. The van der Waals surface area contributed by atoms with Gasteiger partial charge in [0.15, 0.2) is 5.82 Å². The van der Waals surface area contributed by atoms with E-state index < -0.39 is 6.03 Å². The van der Waals surface area contributed by atoms with Crippen molar-refractivity contribution in [2.75, 3.05) is 37.9 Å². The van der Waals surface area contributed by atoms with Crippen LogP contribution in [-0.4, -0.2) is 48.1 Å². The SMILES string of the molecule is Cc1cnc(NC(=O)Nc2ccccc2OCCCN(C)C)cn1. The average molecular weight is 329 g/mol. The standard InChI is InChI=1S/C17H23N5O2/c1-13-11-19-16(12-18-13)21-17(23)20-14-7-4-5-8-15(14)24-10-6-9-22(2)3/h4-5,7-8,11-12H,6,9-10H2,1-3H3,(H2,19,20,21,23). The predicted octanol–water partition coefficient (Wildman–Crippen LogP) is 2.76. The molecule has 0 radical (unpaired) electrons. The first-order chi connectivity index (χ1) is 11.5. The minimum atomic E-state index is -0.391. The molecule has 0 unspecified atom stereocenters. The molecular formula is C17H23N5O2. The van der Waals surface area contributed by atoms with Crippen LogP contribution in [0.5, 0.6) is 5.75 Å². The Balaban J connectivity index is 1.91. The van der Waals surface area contributed by atoms with Crippen LogP contribution in [-0.2, 0) is 0 Å². The minimum Gasteiger partial charge on any atom is -0.491 e. The Morgan fingerprint density at radius 2 is 1.96 bits per heavy atom. The van der Waals surface area contributed by atoms with Crippen LogP contribution in [0.4, 0.5) is 16.3 Å². The molecular weight excluding hydrogens is 306 g/mol. The van der Waals surface area contributed by atoms with Gasteiger partial charge in [-0.3, -0.25) is 10.3 Å². The van der Waals surface area contributed by atoms with Gasteiger partial charge in [-0.2, -0.15) is 0 Å². The van der Waals surface area contributed by atoms with E-state index in [1.54, 1.807) is 12.3 Å². The lowest BCUT2D eigenvalue weighted by Crippen LogP contribution is -2.21. The van der Waals surface area contributed by atoms with E-state index in [1.807, 2.05) is 39.2 Å². The number of hydrogen-bond donors (Lipinski definition) is 2. The number of para-hydroxylation sites is 2. The van der Waals surface area contributed by atoms with Crippen molar-refractivity contribution < 1.29 is 9.53 Å². The van der Waals surface area contributed by atoms with Crippen molar-refractivity contribution in [2.45, 2.75) is 13.3 Å². The van der Waals surface area contributed by atoms with E-state index in [9.17, 15) is 4.79 Å². The Bertz CT molecular complexity index is 658. The van der Waals surface area contributed by atoms with E-state index in [-0.39, 0.29) is 0 Å². The summed E-state index contributed by atoms with van der Waals surface area (Å²) in [5.74, 6) is 1.03. The lowest BCUT2D eigenvalue weighted by atomic mass is 10.3. The fourth-order valence-corrected chi connectivity index (χ4v) is 1.99. The maximum absolute atomic E-state index is 12.1. The molecule has 2 aromatic rings. The van der Waals surface area contributed by atoms with Crippen molar-refractivity contribution >= 4 is 17.5 Å². The van der Waals surface area contributed by atoms with Crippen molar-refractivity contribution in [1.29, 1.82) is 0 Å². The van der Waals surface area contributed by atoms with Gasteiger partial charge in [0.1, 0.15) is 5.75 Å². The van der Waals surface area contributed by atoms with Gasteiger partial charge in [-0.15, -0.1) is 0 Å². The van der Waals surface area contributed by atoms with Gasteiger partial charge in [0, 0.05) is 6.54 Å². The second kappa shape index (κ2) is 8.83. The number of carbonyl (C=O) groups excluding carboxylic acids is 1. The molecule has 24 heavy (non-hydrogen) atoms.